The van der Waals surface area contributed by atoms with Crippen LogP contribution in [0.4, 0.5) is 10.2 Å². The van der Waals surface area contributed by atoms with Crippen LogP contribution in [0.3, 0.4) is 0 Å². The van der Waals surface area contributed by atoms with E-state index >= 15 is 0 Å². The van der Waals surface area contributed by atoms with Crippen LogP contribution in [0.2, 0.25) is 0 Å². The number of halogens is 1. The molecule has 3 saturated carbocycles. The first-order chi connectivity index (χ1) is 13.6. The number of carbonyl (C=O) groups is 1. The molecule has 3 aromatic rings. The molecule has 2 bridgehead atoms. The molecule has 144 valence electrons. The third kappa shape index (κ3) is 2.78. The molecule has 3 fully saturated rings. The zero-order valence-corrected chi connectivity index (χ0v) is 15.0. The number of nitrogens with zero attached hydrogens (tertiary/aromatic N) is 4. The highest BCUT2D eigenvalue weighted by Gasteiger charge is 2.47. The second-order valence-corrected chi connectivity index (χ2v) is 7.63. The fourth-order valence-electron chi connectivity index (χ4n) is 4.83. The second kappa shape index (κ2) is 6.50. The van der Waals surface area contributed by atoms with Crippen molar-refractivity contribution in [2.75, 3.05) is 5.32 Å². The lowest BCUT2D eigenvalue weighted by atomic mass is 9.61. The Morgan fingerprint density at radius 2 is 2.00 bits per heavy atom. The first kappa shape index (κ1) is 17.0. The van der Waals surface area contributed by atoms with Crippen molar-refractivity contribution in [2.45, 2.75) is 31.7 Å². The number of hydrogen-bond donors (Lipinski definition) is 3. The largest absolute Gasteiger partial charge is 0.481 e. The molecule has 3 N–H and O–H groups in total. The zero-order chi connectivity index (χ0) is 19.3. The minimum absolute atomic E-state index is 0.170. The fraction of sp³-hybridized carbons (Fsp3) is 0.421. The van der Waals surface area contributed by atoms with Gasteiger partial charge in [-0.15, -0.1) is 5.10 Å². The van der Waals surface area contributed by atoms with Crippen LogP contribution in [0.15, 0.2) is 24.7 Å². The normalized spacial score (nSPS) is 26.5. The molecule has 0 spiro atoms. The predicted octanol–water partition coefficient (Wildman–Crippen LogP) is 2.86. The van der Waals surface area contributed by atoms with Gasteiger partial charge in [-0.2, -0.15) is 5.10 Å². The number of aliphatic carboxylic acids is 1. The number of anilines is 1. The third-order valence-electron chi connectivity index (χ3n) is 6.12. The Morgan fingerprint density at radius 1 is 1.21 bits per heavy atom. The Balaban J connectivity index is 1.47. The molecule has 2 unspecified atom stereocenters. The highest BCUT2D eigenvalue weighted by molar-refractivity contribution is 5.91. The Morgan fingerprint density at radius 3 is 2.79 bits per heavy atom. The van der Waals surface area contributed by atoms with Gasteiger partial charge in [0, 0.05) is 23.2 Å². The van der Waals surface area contributed by atoms with Gasteiger partial charge in [0.2, 0.25) is 0 Å². The van der Waals surface area contributed by atoms with Crippen LogP contribution in [0, 0.1) is 23.6 Å². The number of aromatic nitrogens is 5. The standard InChI is InChI=1S/C19H19FN6O2/c20-11-5-12-13(7-22-17(12)21-6-11)18-25-14(8-23-26-18)24-16-10-3-1-9(2-4-10)15(16)19(27)28/h5-10,15-16H,1-4H2,(H,21,22)(H,27,28)(H,24,25,26). The summed E-state index contributed by atoms with van der Waals surface area (Å²) in [5.41, 5.74) is 1.13. The molecule has 0 aliphatic heterocycles. The van der Waals surface area contributed by atoms with Gasteiger partial charge >= 0.3 is 5.97 Å². The molecule has 0 amide bonds. The molecule has 8 nitrogen and oxygen atoms in total. The van der Waals surface area contributed by atoms with E-state index in [2.05, 4.69) is 30.5 Å². The maximum atomic E-state index is 13.6. The summed E-state index contributed by atoms with van der Waals surface area (Å²) in [5.74, 6) is -0.292. The van der Waals surface area contributed by atoms with Gasteiger partial charge in [0.05, 0.1) is 18.3 Å². The quantitative estimate of drug-likeness (QED) is 0.635. The lowest BCUT2D eigenvalue weighted by Crippen LogP contribution is -2.51. The van der Waals surface area contributed by atoms with E-state index in [1.165, 1.54) is 12.3 Å². The molecule has 28 heavy (non-hydrogen) atoms. The number of nitrogens with one attached hydrogen (secondary N) is 2. The first-order valence-corrected chi connectivity index (χ1v) is 9.42. The molecular formula is C19H19FN6O2. The van der Waals surface area contributed by atoms with Gasteiger partial charge in [0.25, 0.3) is 0 Å². The van der Waals surface area contributed by atoms with Crippen molar-refractivity contribution in [1.29, 1.82) is 0 Å². The van der Waals surface area contributed by atoms with Crippen LogP contribution in [-0.4, -0.2) is 42.3 Å². The van der Waals surface area contributed by atoms with Gasteiger partial charge in [0.1, 0.15) is 17.3 Å². The van der Waals surface area contributed by atoms with Crippen molar-refractivity contribution in [3.8, 4) is 11.4 Å². The summed E-state index contributed by atoms with van der Waals surface area (Å²) in [4.78, 5) is 23.3. The number of hydrogen-bond acceptors (Lipinski definition) is 6. The molecule has 9 heteroatoms. The minimum Gasteiger partial charge on any atom is -0.481 e. The number of carboxylic acid groups (broad SMARTS) is 1. The summed E-state index contributed by atoms with van der Waals surface area (Å²) in [6.07, 6.45) is 8.32. The maximum absolute atomic E-state index is 13.6. The number of carboxylic acids is 1. The van der Waals surface area contributed by atoms with E-state index in [0.717, 1.165) is 31.9 Å². The monoisotopic (exact) mass is 382 g/mol. The smallest absolute Gasteiger partial charge is 0.308 e. The molecule has 3 aliphatic rings. The van der Waals surface area contributed by atoms with Gasteiger partial charge in [0.15, 0.2) is 5.82 Å². The Labute approximate surface area is 159 Å². The number of H-pyrrole nitrogens is 1. The van der Waals surface area contributed by atoms with Crippen LogP contribution in [0.1, 0.15) is 25.7 Å². The molecule has 0 radical (unpaired) electrons. The summed E-state index contributed by atoms with van der Waals surface area (Å²) < 4.78 is 13.6. The molecule has 0 saturated heterocycles. The zero-order valence-electron chi connectivity index (χ0n) is 15.0. The number of pyridine rings is 1. The van der Waals surface area contributed by atoms with Crippen molar-refractivity contribution in [1.82, 2.24) is 25.1 Å². The van der Waals surface area contributed by atoms with Gasteiger partial charge in [-0.3, -0.25) is 4.79 Å². The fourth-order valence-corrected chi connectivity index (χ4v) is 4.83. The van der Waals surface area contributed by atoms with Crippen molar-refractivity contribution < 1.29 is 14.3 Å². The number of fused-ring (bicyclic) bond motifs is 4. The van der Waals surface area contributed by atoms with Crippen molar-refractivity contribution in [3.63, 3.8) is 0 Å². The van der Waals surface area contributed by atoms with E-state index in [0.29, 0.717) is 34.2 Å². The molecule has 3 aromatic heterocycles. The summed E-state index contributed by atoms with van der Waals surface area (Å²) in [7, 11) is 0. The number of rotatable bonds is 4. The lowest BCUT2D eigenvalue weighted by molar-refractivity contribution is -0.148. The van der Waals surface area contributed by atoms with Gasteiger partial charge in [-0.05, 0) is 43.6 Å². The Kier molecular flexibility index (Phi) is 3.96. The average molecular weight is 382 g/mol. The minimum atomic E-state index is -0.757. The van der Waals surface area contributed by atoms with Gasteiger partial charge in [-0.1, -0.05) is 0 Å². The Hall–Kier alpha value is -3.10. The van der Waals surface area contributed by atoms with E-state index in [-0.39, 0.29) is 12.0 Å². The predicted molar refractivity (Wildman–Crippen MR) is 98.9 cm³/mol. The molecule has 0 aromatic carbocycles. The average Bonchev–Trinajstić information content (AvgIpc) is 3.12. The van der Waals surface area contributed by atoms with Crippen molar-refractivity contribution >= 4 is 22.8 Å². The van der Waals surface area contributed by atoms with Crippen molar-refractivity contribution in [2.24, 2.45) is 17.8 Å². The van der Waals surface area contributed by atoms with Crippen LogP contribution in [-0.2, 0) is 4.79 Å². The highest BCUT2D eigenvalue weighted by Crippen LogP contribution is 2.46. The van der Waals surface area contributed by atoms with E-state index < -0.39 is 17.7 Å². The second-order valence-electron chi connectivity index (χ2n) is 7.63. The summed E-state index contributed by atoms with van der Waals surface area (Å²) in [6.45, 7) is 0. The van der Waals surface area contributed by atoms with E-state index in [4.69, 9.17) is 0 Å². The van der Waals surface area contributed by atoms with Crippen LogP contribution in [0.25, 0.3) is 22.4 Å². The summed E-state index contributed by atoms with van der Waals surface area (Å²) >= 11 is 0. The first-order valence-electron chi connectivity index (χ1n) is 9.42. The highest BCUT2D eigenvalue weighted by atomic mass is 19.1. The lowest BCUT2D eigenvalue weighted by Gasteiger charge is -2.47. The van der Waals surface area contributed by atoms with Crippen LogP contribution < -0.4 is 5.32 Å². The molecule has 6 rings (SSSR count). The van der Waals surface area contributed by atoms with E-state index in [1.807, 2.05) is 0 Å². The third-order valence-corrected chi connectivity index (χ3v) is 6.12. The summed E-state index contributed by atoms with van der Waals surface area (Å²) in [6, 6.07) is 1.20. The molecule has 3 aliphatic carbocycles. The Bertz CT molecular complexity index is 1050. The maximum Gasteiger partial charge on any atom is 0.308 e. The molecule has 3 heterocycles. The SMILES string of the molecule is O=C(O)C1C2CCC(CC2)C1Nc1cnnc(-c2c[nH]c3ncc(F)cc23)n1. The van der Waals surface area contributed by atoms with Crippen LogP contribution in [0.5, 0.6) is 0 Å². The van der Waals surface area contributed by atoms with E-state index in [1.54, 1.807) is 6.20 Å². The molecule has 2 atom stereocenters. The topological polar surface area (TPSA) is 117 Å². The van der Waals surface area contributed by atoms with Crippen molar-refractivity contribution in [3.05, 3.63) is 30.5 Å². The van der Waals surface area contributed by atoms with Gasteiger partial charge in [-0.25, -0.2) is 14.4 Å². The van der Waals surface area contributed by atoms with Crippen LogP contribution >= 0.6 is 0 Å². The van der Waals surface area contributed by atoms with Gasteiger partial charge < -0.3 is 15.4 Å². The number of aromatic amines is 1. The van der Waals surface area contributed by atoms with E-state index in [9.17, 15) is 14.3 Å². The molecular weight excluding hydrogens is 363 g/mol. The summed E-state index contributed by atoms with van der Waals surface area (Å²) in [5, 5.41) is 21.7.